The second kappa shape index (κ2) is 8.97. The van der Waals surface area contributed by atoms with Gasteiger partial charge in [0.25, 0.3) is 5.91 Å². The van der Waals surface area contributed by atoms with Crippen LogP contribution in [0.15, 0.2) is 66.7 Å². The number of amides is 2. The molecule has 2 atom stereocenters. The smallest absolute Gasteiger partial charge is 0.259 e. The van der Waals surface area contributed by atoms with Crippen LogP contribution in [0.3, 0.4) is 0 Å². The molecule has 0 aliphatic rings. The number of hydrogen-bond acceptors (Lipinski definition) is 5. The summed E-state index contributed by atoms with van der Waals surface area (Å²) in [7, 11) is 0. The van der Waals surface area contributed by atoms with Gasteiger partial charge in [-0.05, 0) is 38.0 Å². The van der Waals surface area contributed by atoms with Crippen LogP contribution in [-0.4, -0.2) is 21.8 Å². The van der Waals surface area contributed by atoms with E-state index in [-0.39, 0.29) is 6.04 Å². The molecule has 0 fully saturated rings. The highest BCUT2D eigenvalue weighted by Crippen LogP contribution is 2.31. The van der Waals surface area contributed by atoms with Crippen molar-refractivity contribution in [2.45, 2.75) is 39.3 Å². The maximum atomic E-state index is 13.6. The molecule has 0 saturated carbocycles. The lowest BCUT2D eigenvalue weighted by Crippen LogP contribution is -2.57. The maximum Gasteiger partial charge on any atom is 0.259 e. The third-order valence-corrected chi connectivity index (χ3v) is 4.89. The zero-order valence-electron chi connectivity index (χ0n) is 17.6. The SMILES string of the molecule is CC(=O)NC(=O)[C@@](N[C@@H](C)c1ccccc1)(c1ccccc1)c1nc(C)cc(C)n1. The van der Waals surface area contributed by atoms with Gasteiger partial charge in [-0.25, -0.2) is 9.97 Å². The van der Waals surface area contributed by atoms with Gasteiger partial charge < -0.3 is 0 Å². The van der Waals surface area contributed by atoms with Crippen LogP contribution in [0, 0.1) is 13.8 Å². The average Bonchev–Trinajstić information content (AvgIpc) is 2.72. The Morgan fingerprint density at radius 2 is 1.43 bits per heavy atom. The van der Waals surface area contributed by atoms with Gasteiger partial charge in [0.05, 0.1) is 0 Å². The van der Waals surface area contributed by atoms with Crippen molar-refractivity contribution >= 4 is 11.8 Å². The summed E-state index contributed by atoms with van der Waals surface area (Å²) in [6.07, 6.45) is 0. The molecule has 0 saturated heterocycles. The molecular weight excluding hydrogens is 376 g/mol. The second-order valence-electron chi connectivity index (χ2n) is 7.38. The van der Waals surface area contributed by atoms with Crippen LogP contribution < -0.4 is 10.6 Å². The van der Waals surface area contributed by atoms with Gasteiger partial charge >= 0.3 is 0 Å². The molecule has 2 aromatic carbocycles. The predicted molar refractivity (Wildman–Crippen MR) is 116 cm³/mol. The molecule has 6 heteroatoms. The standard InChI is InChI=1S/C24H26N4O2/c1-16-15-17(2)26-22(25-16)24(23(30)27-19(4)29,21-13-9-6-10-14-21)28-18(3)20-11-7-5-8-12-20/h5-15,18,28H,1-4H3,(H,27,29,30)/t18-,24+/m0/s1. The van der Waals surface area contributed by atoms with Crippen molar-refractivity contribution in [2.24, 2.45) is 0 Å². The summed E-state index contributed by atoms with van der Waals surface area (Å²) in [6, 6.07) is 20.7. The molecule has 3 rings (SSSR count). The van der Waals surface area contributed by atoms with Crippen LogP contribution in [0.4, 0.5) is 0 Å². The average molecular weight is 402 g/mol. The summed E-state index contributed by atoms with van der Waals surface area (Å²) in [5.41, 5.74) is 1.67. The van der Waals surface area contributed by atoms with Gasteiger partial charge in [0.1, 0.15) is 0 Å². The molecule has 0 spiro atoms. The minimum Gasteiger partial charge on any atom is -0.294 e. The summed E-state index contributed by atoms with van der Waals surface area (Å²) in [6.45, 7) is 7.00. The third kappa shape index (κ3) is 4.44. The molecule has 0 unspecified atom stereocenters. The Hall–Kier alpha value is -3.38. The summed E-state index contributed by atoms with van der Waals surface area (Å²) >= 11 is 0. The summed E-state index contributed by atoms with van der Waals surface area (Å²) in [5.74, 6) is -0.666. The number of carbonyl (C=O) groups excluding carboxylic acids is 2. The Labute approximate surface area is 176 Å². The van der Waals surface area contributed by atoms with Crippen LogP contribution >= 0.6 is 0 Å². The van der Waals surface area contributed by atoms with Crippen molar-refractivity contribution in [3.8, 4) is 0 Å². The molecular formula is C24H26N4O2. The van der Waals surface area contributed by atoms with Crippen molar-refractivity contribution in [1.82, 2.24) is 20.6 Å². The van der Waals surface area contributed by atoms with E-state index >= 15 is 0 Å². The van der Waals surface area contributed by atoms with Crippen LogP contribution in [0.1, 0.15) is 48.2 Å². The van der Waals surface area contributed by atoms with Crippen molar-refractivity contribution < 1.29 is 9.59 Å². The largest absolute Gasteiger partial charge is 0.294 e. The molecule has 1 aromatic heterocycles. The minimum absolute atomic E-state index is 0.228. The van der Waals surface area contributed by atoms with E-state index in [9.17, 15) is 9.59 Å². The van der Waals surface area contributed by atoms with Gasteiger partial charge in [0.15, 0.2) is 11.4 Å². The molecule has 0 aliphatic carbocycles. The van der Waals surface area contributed by atoms with E-state index in [0.29, 0.717) is 11.4 Å². The second-order valence-corrected chi connectivity index (χ2v) is 7.38. The van der Waals surface area contributed by atoms with Gasteiger partial charge in [-0.2, -0.15) is 0 Å². The molecule has 30 heavy (non-hydrogen) atoms. The fourth-order valence-corrected chi connectivity index (χ4v) is 3.56. The van der Waals surface area contributed by atoms with Gasteiger partial charge in [-0.3, -0.25) is 20.2 Å². The van der Waals surface area contributed by atoms with E-state index in [1.54, 1.807) is 0 Å². The molecule has 0 radical (unpaired) electrons. The summed E-state index contributed by atoms with van der Waals surface area (Å²) in [4.78, 5) is 34.7. The normalized spacial score (nSPS) is 13.9. The minimum atomic E-state index is -1.46. The van der Waals surface area contributed by atoms with Crippen LogP contribution in [0.5, 0.6) is 0 Å². The van der Waals surface area contributed by atoms with E-state index in [1.807, 2.05) is 87.5 Å². The fourth-order valence-electron chi connectivity index (χ4n) is 3.56. The monoisotopic (exact) mass is 402 g/mol. The number of rotatable bonds is 6. The van der Waals surface area contributed by atoms with Crippen molar-refractivity contribution in [2.75, 3.05) is 0 Å². The number of hydrogen-bond donors (Lipinski definition) is 2. The Kier molecular flexibility index (Phi) is 6.37. The molecule has 1 heterocycles. The first-order valence-corrected chi connectivity index (χ1v) is 9.86. The first-order valence-electron chi connectivity index (χ1n) is 9.86. The van der Waals surface area contributed by atoms with E-state index in [0.717, 1.165) is 17.0 Å². The Morgan fingerprint density at radius 3 is 1.97 bits per heavy atom. The number of aromatic nitrogens is 2. The first kappa shape index (κ1) is 21.3. The van der Waals surface area contributed by atoms with Gasteiger partial charge in [-0.1, -0.05) is 60.7 Å². The highest BCUT2D eigenvalue weighted by molar-refractivity contribution is 6.01. The number of carbonyl (C=O) groups is 2. The molecule has 0 bridgehead atoms. The molecule has 6 nitrogen and oxygen atoms in total. The summed E-state index contributed by atoms with van der Waals surface area (Å²) < 4.78 is 0. The van der Waals surface area contributed by atoms with Crippen molar-refractivity contribution in [3.63, 3.8) is 0 Å². The highest BCUT2D eigenvalue weighted by Gasteiger charge is 2.46. The molecule has 2 N–H and O–H groups in total. The van der Waals surface area contributed by atoms with Crippen molar-refractivity contribution in [3.05, 3.63) is 95.1 Å². The molecule has 0 aliphatic heterocycles. The highest BCUT2D eigenvalue weighted by atomic mass is 16.2. The van der Waals surface area contributed by atoms with E-state index in [2.05, 4.69) is 20.6 Å². The number of benzene rings is 2. The fraction of sp³-hybridized carbons (Fsp3) is 0.250. The topological polar surface area (TPSA) is 84.0 Å². The van der Waals surface area contributed by atoms with Gasteiger partial charge in [0.2, 0.25) is 5.91 Å². The lowest BCUT2D eigenvalue weighted by Gasteiger charge is -2.35. The van der Waals surface area contributed by atoms with E-state index < -0.39 is 17.4 Å². The van der Waals surface area contributed by atoms with Crippen molar-refractivity contribution in [1.29, 1.82) is 0 Å². The predicted octanol–water partition coefficient (Wildman–Crippen LogP) is 3.35. The number of imide groups is 1. The molecule has 154 valence electrons. The number of aryl methyl sites for hydroxylation is 2. The lowest BCUT2D eigenvalue weighted by atomic mass is 9.85. The molecule has 3 aromatic rings. The summed E-state index contributed by atoms with van der Waals surface area (Å²) in [5, 5.41) is 5.91. The third-order valence-electron chi connectivity index (χ3n) is 4.89. The van der Waals surface area contributed by atoms with E-state index in [4.69, 9.17) is 0 Å². The first-order chi connectivity index (χ1) is 14.3. The Morgan fingerprint density at radius 1 is 0.900 bits per heavy atom. The van der Waals surface area contributed by atoms with Crippen LogP contribution in [0.2, 0.25) is 0 Å². The zero-order chi connectivity index (χ0) is 21.7. The van der Waals surface area contributed by atoms with E-state index in [1.165, 1.54) is 6.92 Å². The Balaban J connectivity index is 2.25. The van der Waals surface area contributed by atoms with Crippen LogP contribution in [-0.2, 0) is 15.1 Å². The van der Waals surface area contributed by atoms with Gasteiger partial charge in [0, 0.05) is 24.4 Å². The zero-order valence-corrected chi connectivity index (χ0v) is 17.6. The molecule has 2 amide bonds. The lowest BCUT2D eigenvalue weighted by molar-refractivity contribution is -0.133. The quantitative estimate of drug-likeness (QED) is 0.661. The van der Waals surface area contributed by atoms with Crippen LogP contribution in [0.25, 0.3) is 0 Å². The number of nitrogens with one attached hydrogen (secondary N) is 2. The maximum absolute atomic E-state index is 13.6. The van der Waals surface area contributed by atoms with Gasteiger partial charge in [-0.15, -0.1) is 0 Å². The Bertz CT molecular complexity index is 1020. The number of nitrogens with zero attached hydrogens (tertiary/aromatic N) is 2.